The molecule has 3 N–H and O–H groups in total. The van der Waals surface area contributed by atoms with Gasteiger partial charge in [0, 0.05) is 6.54 Å². The topological polar surface area (TPSA) is 69.8 Å². The highest BCUT2D eigenvalue weighted by Crippen LogP contribution is 2.12. The quantitative estimate of drug-likeness (QED) is 0.682. The molecule has 3 rings (SSSR count). The largest absolute Gasteiger partial charge is 0.334 e. The van der Waals surface area contributed by atoms with Crippen LogP contribution in [-0.4, -0.2) is 16.0 Å². The zero-order valence-electron chi connectivity index (χ0n) is 10.8. The molecule has 2 amide bonds. The van der Waals surface area contributed by atoms with Gasteiger partial charge >= 0.3 is 6.03 Å². The number of benzene rings is 2. The number of H-pyrrole nitrogens is 1. The molecular weight excluding hydrogens is 252 g/mol. The number of carbonyl (C=O) groups is 1. The summed E-state index contributed by atoms with van der Waals surface area (Å²) < 4.78 is 0. The molecule has 0 saturated carbocycles. The van der Waals surface area contributed by atoms with Crippen LogP contribution in [0.3, 0.4) is 0 Å². The fourth-order valence-electron chi connectivity index (χ4n) is 1.94. The summed E-state index contributed by atoms with van der Waals surface area (Å²) >= 11 is 0. The lowest BCUT2D eigenvalue weighted by atomic mass is 10.2. The summed E-state index contributed by atoms with van der Waals surface area (Å²) in [7, 11) is 0. The maximum absolute atomic E-state index is 11.8. The minimum absolute atomic E-state index is 0.284. The van der Waals surface area contributed by atoms with Crippen LogP contribution in [0.2, 0.25) is 0 Å². The average molecular weight is 266 g/mol. The van der Waals surface area contributed by atoms with Gasteiger partial charge in [0.2, 0.25) is 5.95 Å². The highest BCUT2D eigenvalue weighted by molar-refractivity contribution is 5.89. The van der Waals surface area contributed by atoms with Crippen LogP contribution >= 0.6 is 0 Å². The molecule has 1 heterocycles. The summed E-state index contributed by atoms with van der Waals surface area (Å²) in [6.07, 6.45) is 0. The molecule has 0 aliphatic carbocycles. The number of nitrogens with zero attached hydrogens (tertiary/aromatic N) is 1. The number of carbonyl (C=O) groups excluding carboxylic acids is 1. The fraction of sp³-hybridized carbons (Fsp3) is 0.0667. The maximum atomic E-state index is 11.8. The van der Waals surface area contributed by atoms with Crippen molar-refractivity contribution in [2.75, 3.05) is 5.32 Å². The van der Waals surface area contributed by atoms with E-state index in [0.717, 1.165) is 16.6 Å². The Morgan fingerprint density at radius 2 is 1.80 bits per heavy atom. The Balaban J connectivity index is 1.61. The van der Waals surface area contributed by atoms with Gasteiger partial charge in [0.25, 0.3) is 0 Å². The number of urea groups is 1. The number of para-hydroxylation sites is 2. The third-order valence-electron chi connectivity index (χ3n) is 2.92. The number of aromatic amines is 1. The molecule has 2 aromatic carbocycles. The standard InChI is InChI=1S/C15H14N4O/c20-15(16-10-11-6-2-1-3-7-11)19-14-17-12-8-4-5-9-13(12)18-14/h1-9H,10H2,(H3,16,17,18,19,20). The van der Waals surface area contributed by atoms with Crippen molar-refractivity contribution in [1.82, 2.24) is 15.3 Å². The molecule has 0 unspecified atom stereocenters. The fourth-order valence-corrected chi connectivity index (χ4v) is 1.94. The van der Waals surface area contributed by atoms with Crippen LogP contribution < -0.4 is 10.6 Å². The van der Waals surface area contributed by atoms with E-state index in [-0.39, 0.29) is 6.03 Å². The maximum Gasteiger partial charge on any atom is 0.321 e. The molecule has 0 aliphatic heterocycles. The second-order valence-electron chi connectivity index (χ2n) is 4.40. The number of aromatic nitrogens is 2. The third-order valence-corrected chi connectivity index (χ3v) is 2.92. The molecule has 100 valence electrons. The van der Waals surface area contributed by atoms with Gasteiger partial charge in [0.15, 0.2) is 0 Å². The van der Waals surface area contributed by atoms with Crippen molar-refractivity contribution in [2.24, 2.45) is 0 Å². The summed E-state index contributed by atoms with van der Waals surface area (Å²) in [5.74, 6) is 0.441. The van der Waals surface area contributed by atoms with Crippen molar-refractivity contribution in [1.29, 1.82) is 0 Å². The Labute approximate surface area is 116 Å². The Hall–Kier alpha value is -2.82. The SMILES string of the molecule is O=C(NCc1ccccc1)Nc1nc2ccccc2[nH]1. The highest BCUT2D eigenvalue weighted by atomic mass is 16.2. The van der Waals surface area contributed by atoms with E-state index in [1.807, 2.05) is 54.6 Å². The highest BCUT2D eigenvalue weighted by Gasteiger charge is 2.05. The van der Waals surface area contributed by atoms with E-state index in [1.54, 1.807) is 0 Å². The van der Waals surface area contributed by atoms with Crippen molar-refractivity contribution < 1.29 is 4.79 Å². The summed E-state index contributed by atoms with van der Waals surface area (Å²) in [5.41, 5.74) is 2.77. The van der Waals surface area contributed by atoms with Gasteiger partial charge in [-0.2, -0.15) is 0 Å². The number of hydrogen-bond donors (Lipinski definition) is 3. The minimum Gasteiger partial charge on any atom is -0.334 e. The number of anilines is 1. The molecule has 0 spiro atoms. The number of imidazole rings is 1. The molecule has 0 atom stereocenters. The van der Waals surface area contributed by atoms with Crippen LogP contribution in [0.5, 0.6) is 0 Å². The van der Waals surface area contributed by atoms with Crippen LogP contribution in [0.4, 0.5) is 10.7 Å². The van der Waals surface area contributed by atoms with Gasteiger partial charge in [0.1, 0.15) is 0 Å². The molecule has 1 aromatic heterocycles. The first-order chi connectivity index (χ1) is 9.81. The Morgan fingerprint density at radius 1 is 1.05 bits per heavy atom. The van der Waals surface area contributed by atoms with Crippen molar-refractivity contribution in [3.63, 3.8) is 0 Å². The lowest BCUT2D eigenvalue weighted by Gasteiger charge is -2.05. The van der Waals surface area contributed by atoms with E-state index in [1.165, 1.54) is 0 Å². The van der Waals surface area contributed by atoms with Gasteiger partial charge in [-0.15, -0.1) is 0 Å². The van der Waals surface area contributed by atoms with E-state index in [4.69, 9.17) is 0 Å². The lowest BCUT2D eigenvalue weighted by molar-refractivity contribution is 0.251. The molecule has 0 bridgehead atoms. The molecule has 20 heavy (non-hydrogen) atoms. The van der Waals surface area contributed by atoms with Crippen molar-refractivity contribution >= 4 is 23.0 Å². The normalized spacial score (nSPS) is 10.4. The molecule has 0 fully saturated rings. The number of fused-ring (bicyclic) bond motifs is 1. The van der Waals surface area contributed by atoms with E-state index >= 15 is 0 Å². The second-order valence-corrected chi connectivity index (χ2v) is 4.40. The number of amides is 2. The summed E-state index contributed by atoms with van der Waals surface area (Å²) in [4.78, 5) is 19.1. The van der Waals surface area contributed by atoms with Crippen molar-refractivity contribution in [3.8, 4) is 0 Å². The van der Waals surface area contributed by atoms with E-state index in [0.29, 0.717) is 12.5 Å². The number of rotatable bonds is 3. The van der Waals surface area contributed by atoms with Crippen LogP contribution in [0.1, 0.15) is 5.56 Å². The molecule has 0 saturated heterocycles. The molecule has 5 heteroatoms. The lowest BCUT2D eigenvalue weighted by Crippen LogP contribution is -2.28. The monoisotopic (exact) mass is 266 g/mol. The van der Waals surface area contributed by atoms with Crippen LogP contribution in [0.25, 0.3) is 11.0 Å². The van der Waals surface area contributed by atoms with Gasteiger partial charge in [-0.3, -0.25) is 5.32 Å². The first kappa shape index (κ1) is 12.2. The minimum atomic E-state index is -0.284. The zero-order chi connectivity index (χ0) is 13.8. The molecule has 0 aliphatic rings. The second kappa shape index (κ2) is 5.44. The number of hydrogen-bond acceptors (Lipinski definition) is 2. The predicted octanol–water partition coefficient (Wildman–Crippen LogP) is 2.88. The average Bonchev–Trinajstić information content (AvgIpc) is 2.88. The van der Waals surface area contributed by atoms with E-state index < -0.39 is 0 Å². The van der Waals surface area contributed by atoms with Gasteiger partial charge in [0.05, 0.1) is 11.0 Å². The van der Waals surface area contributed by atoms with Crippen LogP contribution in [-0.2, 0) is 6.54 Å². The predicted molar refractivity (Wildman–Crippen MR) is 78.4 cm³/mol. The van der Waals surface area contributed by atoms with E-state index in [2.05, 4.69) is 20.6 Å². The Kier molecular flexibility index (Phi) is 3.33. The smallest absolute Gasteiger partial charge is 0.321 e. The molecule has 5 nitrogen and oxygen atoms in total. The van der Waals surface area contributed by atoms with E-state index in [9.17, 15) is 4.79 Å². The first-order valence-electron chi connectivity index (χ1n) is 6.35. The summed E-state index contributed by atoms with van der Waals surface area (Å²) in [6.45, 7) is 0.479. The first-order valence-corrected chi connectivity index (χ1v) is 6.35. The van der Waals surface area contributed by atoms with Crippen molar-refractivity contribution in [2.45, 2.75) is 6.54 Å². The van der Waals surface area contributed by atoms with Gasteiger partial charge in [-0.25, -0.2) is 9.78 Å². The van der Waals surface area contributed by atoms with Crippen molar-refractivity contribution in [3.05, 3.63) is 60.2 Å². The summed E-state index contributed by atoms with van der Waals surface area (Å²) in [6, 6.07) is 17.1. The van der Waals surface area contributed by atoms with Crippen LogP contribution in [0.15, 0.2) is 54.6 Å². The summed E-state index contributed by atoms with van der Waals surface area (Å²) in [5, 5.41) is 5.47. The van der Waals surface area contributed by atoms with Gasteiger partial charge in [-0.1, -0.05) is 42.5 Å². The number of nitrogens with one attached hydrogen (secondary N) is 3. The molecule has 0 radical (unpaired) electrons. The Bertz CT molecular complexity index is 688. The third kappa shape index (κ3) is 2.77. The van der Waals surface area contributed by atoms with Gasteiger partial charge < -0.3 is 10.3 Å². The molecule has 3 aromatic rings. The molecular formula is C15H14N4O. The van der Waals surface area contributed by atoms with Crippen LogP contribution in [0, 0.1) is 0 Å². The van der Waals surface area contributed by atoms with Gasteiger partial charge in [-0.05, 0) is 17.7 Å². The zero-order valence-corrected chi connectivity index (χ0v) is 10.8. The Morgan fingerprint density at radius 3 is 2.60 bits per heavy atom.